The van der Waals surface area contributed by atoms with Gasteiger partial charge in [0.2, 0.25) is 0 Å². The van der Waals surface area contributed by atoms with Crippen LogP contribution >= 0.6 is 15.9 Å². The van der Waals surface area contributed by atoms with E-state index in [1.54, 1.807) is 0 Å². The molecule has 0 saturated heterocycles. The second-order valence-electron chi connectivity index (χ2n) is 5.18. The maximum absolute atomic E-state index is 3.59. The second kappa shape index (κ2) is 4.60. The zero-order chi connectivity index (χ0) is 13.5. The molecule has 0 fully saturated rings. The molecule has 4 rings (SSSR count). The molecule has 0 spiro atoms. The molecule has 0 amide bonds. The van der Waals surface area contributed by atoms with E-state index in [-0.39, 0.29) is 0 Å². The van der Waals surface area contributed by atoms with Crippen LogP contribution in [-0.4, -0.2) is 0 Å². The van der Waals surface area contributed by atoms with E-state index in [1.165, 1.54) is 27.5 Å². The molecule has 0 aliphatic heterocycles. The Bertz CT molecular complexity index is 830. The summed E-state index contributed by atoms with van der Waals surface area (Å²) in [4.78, 5) is 0. The van der Waals surface area contributed by atoms with Crippen LogP contribution in [-0.2, 0) is 0 Å². The van der Waals surface area contributed by atoms with E-state index in [2.05, 4.69) is 88.7 Å². The molecule has 0 bridgehead atoms. The zero-order valence-corrected chi connectivity index (χ0v) is 12.5. The van der Waals surface area contributed by atoms with Gasteiger partial charge < -0.3 is 0 Å². The lowest BCUT2D eigenvalue weighted by molar-refractivity contribution is 1.06. The summed E-state index contributed by atoms with van der Waals surface area (Å²) in [5, 5.41) is 2.62. The molecule has 1 atom stereocenters. The Morgan fingerprint density at radius 2 is 1.65 bits per heavy atom. The molecule has 0 radical (unpaired) electrons. The highest BCUT2D eigenvalue weighted by Gasteiger charge is 2.20. The van der Waals surface area contributed by atoms with Crippen LogP contribution in [0.2, 0.25) is 0 Å². The summed E-state index contributed by atoms with van der Waals surface area (Å²) >= 11 is 3.59. The smallest absolute Gasteiger partial charge is 0.0284 e. The predicted molar refractivity (Wildman–Crippen MR) is 89.0 cm³/mol. The number of allylic oxidation sites excluding steroid dienone is 1. The van der Waals surface area contributed by atoms with Gasteiger partial charge >= 0.3 is 0 Å². The van der Waals surface area contributed by atoms with E-state index in [0.717, 1.165) is 4.47 Å². The van der Waals surface area contributed by atoms with E-state index < -0.39 is 0 Å². The van der Waals surface area contributed by atoms with Gasteiger partial charge in [-0.1, -0.05) is 76.6 Å². The summed E-state index contributed by atoms with van der Waals surface area (Å²) in [5.74, 6) is 0.365. The second-order valence-corrected chi connectivity index (χ2v) is 6.09. The topological polar surface area (TPSA) is 0 Å². The first-order chi connectivity index (χ1) is 9.83. The van der Waals surface area contributed by atoms with Crippen molar-refractivity contribution in [2.45, 2.75) is 5.92 Å². The van der Waals surface area contributed by atoms with Crippen molar-refractivity contribution in [3.63, 3.8) is 0 Å². The highest BCUT2D eigenvalue weighted by molar-refractivity contribution is 9.10. The zero-order valence-electron chi connectivity index (χ0n) is 10.9. The molecular weight excluding hydrogens is 308 g/mol. The first-order valence-corrected chi connectivity index (χ1v) is 7.57. The van der Waals surface area contributed by atoms with Crippen LogP contribution in [0, 0.1) is 0 Å². The Morgan fingerprint density at radius 1 is 0.800 bits per heavy atom. The van der Waals surface area contributed by atoms with Crippen molar-refractivity contribution >= 4 is 32.8 Å². The fourth-order valence-corrected chi connectivity index (χ4v) is 3.42. The van der Waals surface area contributed by atoms with Gasteiger partial charge in [0.15, 0.2) is 0 Å². The van der Waals surface area contributed by atoms with Crippen molar-refractivity contribution in [3.8, 4) is 0 Å². The number of hydrogen-bond donors (Lipinski definition) is 0. The van der Waals surface area contributed by atoms with Gasteiger partial charge in [0.25, 0.3) is 0 Å². The standard InChI is InChI=1S/C19H13Br/c20-15-10-8-14-5-3-7-17(19(14)12-15)18-11-9-13-4-1-2-6-16(13)18/h1-12,18H. The Kier molecular flexibility index (Phi) is 2.75. The van der Waals surface area contributed by atoms with E-state index in [1.807, 2.05) is 0 Å². The van der Waals surface area contributed by atoms with Gasteiger partial charge in [-0.05, 0) is 39.6 Å². The molecule has 0 N–H and O–H groups in total. The van der Waals surface area contributed by atoms with Gasteiger partial charge in [0, 0.05) is 10.4 Å². The fraction of sp³-hybridized carbons (Fsp3) is 0.0526. The van der Waals surface area contributed by atoms with Crippen LogP contribution < -0.4 is 0 Å². The molecule has 20 heavy (non-hydrogen) atoms. The van der Waals surface area contributed by atoms with E-state index in [4.69, 9.17) is 0 Å². The normalized spacial score (nSPS) is 16.6. The Morgan fingerprint density at radius 3 is 2.60 bits per heavy atom. The van der Waals surface area contributed by atoms with Crippen molar-refractivity contribution in [1.82, 2.24) is 0 Å². The molecule has 1 aliphatic rings. The van der Waals surface area contributed by atoms with E-state index in [9.17, 15) is 0 Å². The van der Waals surface area contributed by atoms with Crippen LogP contribution in [0.1, 0.15) is 22.6 Å². The Balaban J connectivity index is 1.96. The molecule has 0 saturated carbocycles. The summed E-state index contributed by atoms with van der Waals surface area (Å²) in [6.45, 7) is 0. The molecule has 0 aromatic heterocycles. The van der Waals surface area contributed by atoms with E-state index >= 15 is 0 Å². The molecule has 0 heterocycles. The van der Waals surface area contributed by atoms with Crippen LogP contribution in [0.15, 0.2) is 71.2 Å². The maximum atomic E-state index is 3.59. The molecule has 1 unspecified atom stereocenters. The summed E-state index contributed by atoms with van der Waals surface area (Å²) in [6.07, 6.45) is 4.54. The summed E-state index contributed by atoms with van der Waals surface area (Å²) < 4.78 is 1.13. The number of halogens is 1. The molecule has 3 aromatic carbocycles. The molecule has 3 aromatic rings. The van der Waals surface area contributed by atoms with Gasteiger partial charge in [0.05, 0.1) is 0 Å². The highest BCUT2D eigenvalue weighted by Crippen LogP contribution is 2.38. The third kappa shape index (κ3) is 1.82. The molecule has 1 heteroatoms. The third-order valence-electron chi connectivity index (χ3n) is 4.01. The van der Waals surface area contributed by atoms with Crippen LogP contribution in [0.3, 0.4) is 0 Å². The lowest BCUT2D eigenvalue weighted by atomic mass is 9.89. The molecule has 1 aliphatic carbocycles. The van der Waals surface area contributed by atoms with Gasteiger partial charge in [-0.3, -0.25) is 0 Å². The van der Waals surface area contributed by atoms with Crippen molar-refractivity contribution in [1.29, 1.82) is 0 Å². The van der Waals surface area contributed by atoms with E-state index in [0.29, 0.717) is 5.92 Å². The van der Waals surface area contributed by atoms with Crippen molar-refractivity contribution in [2.75, 3.05) is 0 Å². The van der Waals surface area contributed by atoms with Gasteiger partial charge in [-0.25, -0.2) is 0 Å². The maximum Gasteiger partial charge on any atom is 0.0284 e. The van der Waals surface area contributed by atoms with Crippen molar-refractivity contribution in [3.05, 3.63) is 87.9 Å². The highest BCUT2D eigenvalue weighted by atomic mass is 79.9. The lowest BCUT2D eigenvalue weighted by Gasteiger charge is -2.14. The SMILES string of the molecule is Brc1ccc2cccc(C3C=Cc4ccccc43)c2c1. The number of benzene rings is 3. The molecule has 96 valence electrons. The quantitative estimate of drug-likeness (QED) is 0.534. The minimum absolute atomic E-state index is 0.365. The van der Waals surface area contributed by atoms with Gasteiger partial charge in [0.1, 0.15) is 0 Å². The summed E-state index contributed by atoms with van der Waals surface area (Å²) in [6, 6.07) is 21.7. The molecule has 0 nitrogen and oxygen atoms in total. The van der Waals surface area contributed by atoms with Crippen molar-refractivity contribution < 1.29 is 0 Å². The average Bonchev–Trinajstić information content (AvgIpc) is 2.90. The Labute approximate surface area is 126 Å². The summed E-state index contributed by atoms with van der Waals surface area (Å²) in [5.41, 5.74) is 4.12. The van der Waals surface area contributed by atoms with Crippen LogP contribution in [0.4, 0.5) is 0 Å². The summed E-state index contributed by atoms with van der Waals surface area (Å²) in [7, 11) is 0. The monoisotopic (exact) mass is 320 g/mol. The minimum Gasteiger partial charge on any atom is -0.0720 e. The number of rotatable bonds is 1. The largest absolute Gasteiger partial charge is 0.0720 e. The predicted octanol–water partition coefficient (Wildman–Crippen LogP) is 5.76. The minimum atomic E-state index is 0.365. The third-order valence-corrected chi connectivity index (χ3v) is 4.51. The number of fused-ring (bicyclic) bond motifs is 2. The van der Waals surface area contributed by atoms with Crippen LogP contribution in [0.25, 0.3) is 16.8 Å². The van der Waals surface area contributed by atoms with Gasteiger partial charge in [-0.2, -0.15) is 0 Å². The van der Waals surface area contributed by atoms with Gasteiger partial charge in [-0.15, -0.1) is 0 Å². The van der Waals surface area contributed by atoms with Crippen LogP contribution in [0.5, 0.6) is 0 Å². The number of hydrogen-bond acceptors (Lipinski definition) is 0. The first kappa shape index (κ1) is 11.9. The average molecular weight is 321 g/mol. The fourth-order valence-electron chi connectivity index (χ4n) is 3.06. The first-order valence-electron chi connectivity index (χ1n) is 6.78. The lowest BCUT2D eigenvalue weighted by Crippen LogP contribution is -1.96. The molecular formula is C19H13Br. The van der Waals surface area contributed by atoms with Crippen molar-refractivity contribution in [2.24, 2.45) is 0 Å². The Hall–Kier alpha value is -1.86.